The molecule has 0 bridgehead atoms. The van der Waals surface area contributed by atoms with Crippen LogP contribution in [0.3, 0.4) is 0 Å². The van der Waals surface area contributed by atoms with Gasteiger partial charge < -0.3 is 14.8 Å². The normalized spacial score (nSPS) is 14.8. The molecule has 8 heteroatoms. The Hall–Kier alpha value is -2.94. The zero-order valence-electron chi connectivity index (χ0n) is 18.4. The molecule has 1 aliphatic rings. The fraction of sp³-hybridized carbons (Fsp3) is 0.333. The standard InChI is InChI=1S/C24H28N4O3S/c1-30-19-8-9-20(22(14-19)31-2)25-23(29)15-27-10-12-28(13-11-27)16-24-26-21(17-32-24)18-6-4-3-5-7-18/h3-9,14,17H,10-13,15-16H2,1-2H3,(H,25,29). The Morgan fingerprint density at radius 2 is 1.78 bits per heavy atom. The topological polar surface area (TPSA) is 66.9 Å². The zero-order chi connectivity index (χ0) is 22.3. The van der Waals surface area contributed by atoms with Crippen molar-refractivity contribution in [3.8, 4) is 22.8 Å². The summed E-state index contributed by atoms with van der Waals surface area (Å²) in [6.45, 7) is 4.74. The van der Waals surface area contributed by atoms with E-state index in [9.17, 15) is 4.79 Å². The third kappa shape index (κ3) is 5.64. The predicted molar refractivity (Wildman–Crippen MR) is 127 cm³/mol. The summed E-state index contributed by atoms with van der Waals surface area (Å²) >= 11 is 1.71. The van der Waals surface area contributed by atoms with Crippen LogP contribution in [0.15, 0.2) is 53.9 Å². The van der Waals surface area contributed by atoms with Crippen LogP contribution in [-0.2, 0) is 11.3 Å². The van der Waals surface area contributed by atoms with Crippen molar-refractivity contribution < 1.29 is 14.3 Å². The Labute approximate surface area is 192 Å². The number of methoxy groups -OCH3 is 2. The molecule has 3 aromatic rings. The van der Waals surface area contributed by atoms with Gasteiger partial charge >= 0.3 is 0 Å². The van der Waals surface area contributed by atoms with Crippen molar-refractivity contribution in [2.24, 2.45) is 0 Å². The number of ether oxygens (including phenoxy) is 2. The molecule has 0 spiro atoms. The number of rotatable bonds is 8. The van der Waals surface area contributed by atoms with E-state index in [1.807, 2.05) is 18.2 Å². The van der Waals surface area contributed by atoms with Gasteiger partial charge in [0.2, 0.25) is 5.91 Å². The van der Waals surface area contributed by atoms with Gasteiger partial charge in [0.05, 0.1) is 38.7 Å². The molecule has 1 N–H and O–H groups in total. The van der Waals surface area contributed by atoms with Crippen molar-refractivity contribution in [2.75, 3.05) is 52.3 Å². The van der Waals surface area contributed by atoms with Gasteiger partial charge in [0.15, 0.2) is 0 Å². The van der Waals surface area contributed by atoms with Crippen molar-refractivity contribution in [1.82, 2.24) is 14.8 Å². The largest absolute Gasteiger partial charge is 0.497 e. The lowest BCUT2D eigenvalue weighted by molar-refractivity contribution is -0.117. The van der Waals surface area contributed by atoms with Crippen LogP contribution < -0.4 is 14.8 Å². The first kappa shape index (κ1) is 22.3. The van der Waals surface area contributed by atoms with Crippen molar-refractivity contribution >= 4 is 22.9 Å². The number of amides is 1. The number of aromatic nitrogens is 1. The van der Waals surface area contributed by atoms with Crippen LogP contribution in [0.4, 0.5) is 5.69 Å². The van der Waals surface area contributed by atoms with Crippen molar-refractivity contribution in [2.45, 2.75) is 6.54 Å². The molecule has 1 aromatic heterocycles. The SMILES string of the molecule is COc1ccc(NC(=O)CN2CCN(Cc3nc(-c4ccccc4)cs3)CC2)c(OC)c1. The van der Waals surface area contributed by atoms with E-state index in [4.69, 9.17) is 14.5 Å². The number of hydrogen-bond donors (Lipinski definition) is 1. The minimum absolute atomic E-state index is 0.0469. The monoisotopic (exact) mass is 452 g/mol. The highest BCUT2D eigenvalue weighted by molar-refractivity contribution is 7.09. The maximum Gasteiger partial charge on any atom is 0.238 e. The molecule has 168 valence electrons. The number of thiazole rings is 1. The van der Waals surface area contributed by atoms with E-state index in [-0.39, 0.29) is 5.91 Å². The molecule has 4 rings (SSSR count). The van der Waals surface area contributed by atoms with Crippen LogP contribution in [-0.4, -0.2) is 67.6 Å². The summed E-state index contributed by atoms with van der Waals surface area (Å²) in [6, 6.07) is 15.6. The number of hydrogen-bond acceptors (Lipinski definition) is 7. The van der Waals surface area contributed by atoms with Crippen LogP contribution in [0.25, 0.3) is 11.3 Å². The van der Waals surface area contributed by atoms with E-state index < -0.39 is 0 Å². The van der Waals surface area contributed by atoms with Crippen molar-refractivity contribution in [1.29, 1.82) is 0 Å². The van der Waals surface area contributed by atoms with Gasteiger partial charge in [-0.3, -0.25) is 14.6 Å². The summed E-state index contributed by atoms with van der Waals surface area (Å²) in [6.07, 6.45) is 0. The van der Waals surface area contributed by atoms with E-state index in [0.29, 0.717) is 23.7 Å². The van der Waals surface area contributed by atoms with Crippen LogP contribution in [0, 0.1) is 0 Å². The summed E-state index contributed by atoms with van der Waals surface area (Å²) in [5.74, 6) is 1.22. The lowest BCUT2D eigenvalue weighted by atomic mass is 10.2. The Morgan fingerprint density at radius 3 is 2.50 bits per heavy atom. The molecule has 32 heavy (non-hydrogen) atoms. The molecule has 1 amide bonds. The Kier molecular flexibility index (Phi) is 7.36. The molecule has 1 fully saturated rings. The maximum absolute atomic E-state index is 12.6. The number of piperazine rings is 1. The third-order valence-electron chi connectivity index (χ3n) is 5.50. The third-order valence-corrected chi connectivity index (χ3v) is 6.33. The van der Waals surface area contributed by atoms with Crippen LogP contribution >= 0.6 is 11.3 Å². The number of nitrogens with zero attached hydrogens (tertiary/aromatic N) is 3. The molecular weight excluding hydrogens is 424 g/mol. The average molecular weight is 453 g/mol. The highest BCUT2D eigenvalue weighted by Crippen LogP contribution is 2.29. The first-order valence-corrected chi connectivity index (χ1v) is 11.5. The number of carbonyl (C=O) groups is 1. The van der Waals surface area contributed by atoms with Gasteiger partial charge in [-0.2, -0.15) is 0 Å². The smallest absolute Gasteiger partial charge is 0.238 e. The van der Waals surface area contributed by atoms with E-state index >= 15 is 0 Å². The number of benzene rings is 2. The van der Waals surface area contributed by atoms with Gasteiger partial charge in [-0.1, -0.05) is 30.3 Å². The Morgan fingerprint density at radius 1 is 1.03 bits per heavy atom. The minimum atomic E-state index is -0.0469. The Balaban J connectivity index is 1.25. The van der Waals surface area contributed by atoms with Gasteiger partial charge in [-0.15, -0.1) is 11.3 Å². The lowest BCUT2D eigenvalue weighted by Crippen LogP contribution is -2.48. The van der Waals surface area contributed by atoms with Gasteiger partial charge in [-0.05, 0) is 12.1 Å². The van der Waals surface area contributed by atoms with E-state index in [1.54, 1.807) is 43.8 Å². The molecule has 0 atom stereocenters. The second kappa shape index (κ2) is 10.6. The van der Waals surface area contributed by atoms with Gasteiger partial charge in [0.1, 0.15) is 16.5 Å². The zero-order valence-corrected chi connectivity index (χ0v) is 19.2. The highest BCUT2D eigenvalue weighted by atomic mass is 32.1. The maximum atomic E-state index is 12.6. The van der Waals surface area contributed by atoms with Crippen molar-refractivity contribution in [3.05, 3.63) is 58.9 Å². The second-order valence-electron chi connectivity index (χ2n) is 7.66. The first-order valence-electron chi connectivity index (χ1n) is 10.6. The molecular formula is C24H28N4O3S. The molecule has 0 saturated carbocycles. The van der Waals surface area contributed by atoms with Crippen LogP contribution in [0.2, 0.25) is 0 Å². The lowest BCUT2D eigenvalue weighted by Gasteiger charge is -2.33. The summed E-state index contributed by atoms with van der Waals surface area (Å²) in [4.78, 5) is 21.9. The van der Waals surface area contributed by atoms with Gasteiger partial charge in [0.25, 0.3) is 0 Å². The van der Waals surface area contributed by atoms with E-state index in [1.165, 1.54) is 0 Å². The van der Waals surface area contributed by atoms with Gasteiger partial charge in [-0.25, -0.2) is 4.98 Å². The number of carbonyl (C=O) groups excluding carboxylic acids is 1. The molecule has 0 radical (unpaired) electrons. The van der Waals surface area contributed by atoms with E-state index in [0.717, 1.165) is 49.0 Å². The van der Waals surface area contributed by atoms with Crippen molar-refractivity contribution in [3.63, 3.8) is 0 Å². The highest BCUT2D eigenvalue weighted by Gasteiger charge is 2.20. The summed E-state index contributed by atoms with van der Waals surface area (Å²) in [5, 5.41) is 6.20. The summed E-state index contributed by atoms with van der Waals surface area (Å²) < 4.78 is 10.6. The number of nitrogens with one attached hydrogen (secondary N) is 1. The van der Waals surface area contributed by atoms with Gasteiger partial charge in [0, 0.05) is 43.2 Å². The fourth-order valence-corrected chi connectivity index (χ4v) is 4.56. The average Bonchev–Trinajstić information content (AvgIpc) is 3.29. The predicted octanol–water partition coefficient (Wildman–Crippen LogP) is 3.58. The quantitative estimate of drug-likeness (QED) is 0.564. The fourth-order valence-electron chi connectivity index (χ4n) is 3.72. The molecule has 0 aliphatic carbocycles. The van der Waals surface area contributed by atoms with Crippen LogP contribution in [0.1, 0.15) is 5.01 Å². The molecule has 1 saturated heterocycles. The number of anilines is 1. The second-order valence-corrected chi connectivity index (χ2v) is 8.60. The molecule has 0 unspecified atom stereocenters. The minimum Gasteiger partial charge on any atom is -0.497 e. The molecule has 2 heterocycles. The molecule has 7 nitrogen and oxygen atoms in total. The van der Waals surface area contributed by atoms with Crippen LogP contribution in [0.5, 0.6) is 11.5 Å². The first-order chi connectivity index (χ1) is 15.6. The summed E-state index contributed by atoms with van der Waals surface area (Å²) in [5.41, 5.74) is 2.84. The summed E-state index contributed by atoms with van der Waals surface area (Å²) in [7, 11) is 3.18. The molecule has 2 aromatic carbocycles. The Bertz CT molecular complexity index is 1030. The van der Waals surface area contributed by atoms with E-state index in [2.05, 4.69) is 32.6 Å². The molecule has 1 aliphatic heterocycles.